The SMILES string of the molecule is CC.CC.CC1(C)C2CCC3(C)N1C23C. The van der Waals surface area contributed by atoms with Crippen LogP contribution in [0.2, 0.25) is 0 Å². The standard InChI is InChI=1S/C10H17N.2C2H6/c1-8(2)7-5-6-9(3)10(7,4)11(8)9;2*1-2/h7H,5-6H2,1-4H3;2*1-2H3. The quantitative estimate of drug-likeness (QED) is 0.546. The molecule has 2 heterocycles. The molecule has 3 fully saturated rings. The maximum absolute atomic E-state index is 2.72. The third-order valence-corrected chi connectivity index (χ3v) is 5.03. The highest BCUT2D eigenvalue weighted by molar-refractivity contribution is 5.44. The molecular weight excluding hydrogens is 182 g/mol. The predicted octanol–water partition coefficient (Wildman–Crippen LogP) is 4.07. The van der Waals surface area contributed by atoms with Crippen LogP contribution in [0.1, 0.15) is 68.2 Å². The topological polar surface area (TPSA) is 3.01 Å². The van der Waals surface area contributed by atoms with E-state index in [9.17, 15) is 0 Å². The van der Waals surface area contributed by atoms with Crippen LogP contribution in [-0.4, -0.2) is 21.5 Å². The summed E-state index contributed by atoms with van der Waals surface area (Å²) in [4.78, 5) is 2.72. The lowest BCUT2D eigenvalue weighted by Gasteiger charge is -2.51. The fourth-order valence-electron chi connectivity index (χ4n) is 4.66. The van der Waals surface area contributed by atoms with E-state index in [0.717, 1.165) is 5.92 Å². The van der Waals surface area contributed by atoms with Crippen molar-refractivity contribution in [2.75, 3.05) is 0 Å². The second-order valence-electron chi connectivity index (χ2n) is 5.50. The highest BCUT2D eigenvalue weighted by Crippen LogP contribution is 2.79. The first-order valence-corrected chi connectivity index (χ1v) is 6.76. The van der Waals surface area contributed by atoms with Crippen LogP contribution in [0.15, 0.2) is 0 Å². The third kappa shape index (κ3) is 1.08. The molecule has 4 atom stereocenters. The number of rotatable bonds is 0. The highest BCUT2D eigenvalue weighted by Gasteiger charge is 2.88. The van der Waals surface area contributed by atoms with Gasteiger partial charge in [-0.3, -0.25) is 4.90 Å². The Morgan fingerprint density at radius 2 is 1.40 bits per heavy atom. The van der Waals surface area contributed by atoms with E-state index in [2.05, 4.69) is 32.6 Å². The molecule has 1 aliphatic carbocycles. The zero-order chi connectivity index (χ0) is 12.1. The summed E-state index contributed by atoms with van der Waals surface area (Å²) < 4.78 is 0. The van der Waals surface area contributed by atoms with Crippen LogP contribution in [0.3, 0.4) is 0 Å². The molecule has 0 radical (unpaired) electrons. The lowest BCUT2D eigenvalue weighted by molar-refractivity contribution is -0.0197. The van der Waals surface area contributed by atoms with Crippen molar-refractivity contribution in [2.45, 2.75) is 84.8 Å². The van der Waals surface area contributed by atoms with E-state index in [1.165, 1.54) is 12.8 Å². The summed E-state index contributed by atoms with van der Waals surface area (Å²) in [6.07, 6.45) is 2.91. The highest BCUT2D eigenvalue weighted by atomic mass is 15.6. The van der Waals surface area contributed by atoms with Crippen molar-refractivity contribution in [1.29, 1.82) is 0 Å². The summed E-state index contributed by atoms with van der Waals surface area (Å²) in [6, 6.07) is 0. The number of fused-ring (bicyclic) bond motifs is 1. The molecule has 2 saturated heterocycles. The Bertz CT molecular complexity index is 225. The van der Waals surface area contributed by atoms with Gasteiger partial charge in [0.1, 0.15) is 0 Å². The van der Waals surface area contributed by atoms with Gasteiger partial charge in [-0.05, 0) is 46.5 Å². The van der Waals surface area contributed by atoms with Crippen LogP contribution in [0.25, 0.3) is 0 Å². The van der Waals surface area contributed by atoms with Crippen LogP contribution in [0.4, 0.5) is 0 Å². The lowest BCUT2D eigenvalue weighted by Crippen LogP contribution is -2.59. The molecule has 0 aromatic carbocycles. The molecule has 15 heavy (non-hydrogen) atoms. The minimum Gasteiger partial charge on any atom is -0.283 e. The van der Waals surface area contributed by atoms with Gasteiger partial charge in [0.05, 0.1) is 0 Å². The number of hydrogen-bond donors (Lipinski definition) is 0. The summed E-state index contributed by atoms with van der Waals surface area (Å²) in [5.74, 6) is 0.986. The van der Waals surface area contributed by atoms with Gasteiger partial charge in [0, 0.05) is 16.6 Å². The molecule has 1 nitrogen and oxygen atoms in total. The van der Waals surface area contributed by atoms with Crippen molar-refractivity contribution in [2.24, 2.45) is 5.92 Å². The number of hydrogen-bond acceptors (Lipinski definition) is 1. The molecule has 1 heteroatoms. The van der Waals surface area contributed by atoms with Gasteiger partial charge in [-0.15, -0.1) is 0 Å². The Kier molecular flexibility index (Phi) is 3.02. The van der Waals surface area contributed by atoms with Crippen molar-refractivity contribution in [3.63, 3.8) is 0 Å². The molecule has 2 aliphatic heterocycles. The van der Waals surface area contributed by atoms with E-state index in [-0.39, 0.29) is 0 Å². The predicted molar refractivity (Wildman–Crippen MR) is 68.1 cm³/mol. The van der Waals surface area contributed by atoms with E-state index in [1.54, 1.807) is 0 Å². The zero-order valence-corrected chi connectivity index (χ0v) is 11.9. The Morgan fingerprint density at radius 3 is 1.53 bits per heavy atom. The van der Waals surface area contributed by atoms with Crippen molar-refractivity contribution in [1.82, 2.24) is 4.90 Å². The molecule has 0 spiro atoms. The minimum absolute atomic E-state index is 0.530. The van der Waals surface area contributed by atoms with Gasteiger partial charge in [-0.1, -0.05) is 27.7 Å². The van der Waals surface area contributed by atoms with E-state index in [1.807, 2.05) is 27.7 Å². The Morgan fingerprint density at radius 1 is 0.933 bits per heavy atom. The maximum Gasteiger partial charge on any atom is 0.0419 e. The van der Waals surface area contributed by atoms with Gasteiger partial charge >= 0.3 is 0 Å². The molecule has 1 saturated carbocycles. The Balaban J connectivity index is 0.000000255. The summed E-state index contributed by atoms with van der Waals surface area (Å²) in [5.41, 5.74) is 1.75. The molecule has 0 aromatic rings. The summed E-state index contributed by atoms with van der Waals surface area (Å²) in [7, 11) is 0. The summed E-state index contributed by atoms with van der Waals surface area (Å²) >= 11 is 0. The molecule has 0 amide bonds. The Hall–Kier alpha value is -0.0400. The number of piperidine rings is 2. The van der Waals surface area contributed by atoms with Gasteiger partial charge in [0.15, 0.2) is 0 Å². The van der Waals surface area contributed by atoms with Crippen LogP contribution in [0.5, 0.6) is 0 Å². The van der Waals surface area contributed by atoms with Crippen molar-refractivity contribution >= 4 is 0 Å². The second-order valence-corrected chi connectivity index (χ2v) is 5.50. The maximum atomic E-state index is 2.72. The van der Waals surface area contributed by atoms with Crippen molar-refractivity contribution in [3.05, 3.63) is 0 Å². The van der Waals surface area contributed by atoms with Gasteiger partial charge in [0.2, 0.25) is 0 Å². The molecule has 0 N–H and O–H groups in total. The molecular formula is C14H29N. The fraction of sp³-hybridized carbons (Fsp3) is 1.00. The van der Waals surface area contributed by atoms with Gasteiger partial charge in [-0.25, -0.2) is 0 Å². The lowest BCUT2D eigenvalue weighted by atomic mass is 9.72. The molecule has 4 unspecified atom stereocenters. The smallest absolute Gasteiger partial charge is 0.0419 e. The van der Waals surface area contributed by atoms with Crippen molar-refractivity contribution in [3.8, 4) is 0 Å². The van der Waals surface area contributed by atoms with Gasteiger partial charge in [-0.2, -0.15) is 0 Å². The van der Waals surface area contributed by atoms with E-state index in [0.29, 0.717) is 16.6 Å². The first-order valence-electron chi connectivity index (χ1n) is 6.76. The van der Waals surface area contributed by atoms with Crippen LogP contribution >= 0.6 is 0 Å². The fourth-order valence-corrected chi connectivity index (χ4v) is 4.66. The van der Waals surface area contributed by atoms with E-state index < -0.39 is 0 Å². The van der Waals surface area contributed by atoms with Crippen LogP contribution in [0, 0.1) is 5.92 Å². The summed E-state index contributed by atoms with van der Waals surface area (Å²) in [5, 5.41) is 0. The Labute approximate surface area is 96.2 Å². The van der Waals surface area contributed by atoms with E-state index in [4.69, 9.17) is 0 Å². The normalized spacial score (nSPS) is 51.2. The molecule has 90 valence electrons. The average Bonchev–Trinajstić information content (AvgIpc) is 2.56. The molecule has 3 rings (SSSR count). The zero-order valence-electron chi connectivity index (χ0n) is 11.9. The molecule has 0 bridgehead atoms. The van der Waals surface area contributed by atoms with Gasteiger partial charge in [0.25, 0.3) is 0 Å². The van der Waals surface area contributed by atoms with Gasteiger partial charge < -0.3 is 0 Å². The second kappa shape index (κ2) is 3.48. The van der Waals surface area contributed by atoms with Crippen LogP contribution in [-0.2, 0) is 0 Å². The average molecular weight is 211 g/mol. The first kappa shape index (κ1) is 13.0. The first-order chi connectivity index (χ1) is 6.96. The third-order valence-electron chi connectivity index (χ3n) is 5.03. The minimum atomic E-state index is 0.530. The monoisotopic (exact) mass is 211 g/mol. The summed E-state index contributed by atoms with van der Waals surface area (Å²) in [6.45, 7) is 17.7. The van der Waals surface area contributed by atoms with Crippen molar-refractivity contribution < 1.29 is 0 Å². The number of nitrogens with zero attached hydrogens (tertiary/aromatic N) is 1. The van der Waals surface area contributed by atoms with Crippen LogP contribution < -0.4 is 0 Å². The largest absolute Gasteiger partial charge is 0.283 e. The molecule has 0 aromatic heterocycles. The molecule has 3 aliphatic rings. The van der Waals surface area contributed by atoms with E-state index >= 15 is 0 Å².